The van der Waals surface area contributed by atoms with Gasteiger partial charge in [-0.3, -0.25) is 9.59 Å². The first-order valence-electron chi connectivity index (χ1n) is 5.01. The molecule has 0 aliphatic heterocycles. The third-order valence-corrected chi connectivity index (χ3v) is 1.45. The van der Waals surface area contributed by atoms with Crippen LogP contribution < -0.4 is 5.73 Å². The van der Waals surface area contributed by atoms with E-state index in [1.54, 1.807) is 20.8 Å². The van der Waals surface area contributed by atoms with Crippen LogP contribution >= 0.6 is 0 Å². The van der Waals surface area contributed by atoms with Crippen LogP contribution in [0, 0.1) is 0 Å². The molecule has 0 radical (unpaired) electrons. The predicted octanol–water partition coefficient (Wildman–Crippen LogP) is 0.775. The molecule has 0 bridgehead atoms. The lowest BCUT2D eigenvalue weighted by atomic mass is 10.2. The highest BCUT2D eigenvalue weighted by Gasteiger charge is 2.23. The average molecular weight is 229 g/mol. The van der Waals surface area contributed by atoms with E-state index >= 15 is 0 Å². The maximum Gasteiger partial charge on any atom is 0.323 e. The van der Waals surface area contributed by atoms with E-state index in [9.17, 15) is 9.59 Å². The Morgan fingerprint density at radius 1 is 1.44 bits per heavy atom. The van der Waals surface area contributed by atoms with E-state index in [4.69, 9.17) is 15.2 Å². The Balaban J connectivity index is 4.04. The van der Waals surface area contributed by atoms with Crippen molar-refractivity contribution in [3.63, 3.8) is 0 Å². The van der Waals surface area contributed by atoms with Crippen molar-refractivity contribution in [2.75, 3.05) is 6.61 Å². The molecule has 0 rings (SSSR count). The SMILES string of the molecule is C=CCOC(=O)C(N)CC(=O)OC(C)(C)C. The van der Waals surface area contributed by atoms with E-state index in [0.29, 0.717) is 0 Å². The van der Waals surface area contributed by atoms with Gasteiger partial charge in [0.1, 0.15) is 18.2 Å². The number of hydrogen-bond acceptors (Lipinski definition) is 5. The van der Waals surface area contributed by atoms with Crippen LogP contribution in [0.1, 0.15) is 27.2 Å². The lowest BCUT2D eigenvalue weighted by Crippen LogP contribution is -2.36. The second kappa shape index (κ2) is 6.27. The summed E-state index contributed by atoms with van der Waals surface area (Å²) in [6.45, 7) is 8.70. The number of carbonyl (C=O) groups excluding carboxylic acids is 2. The van der Waals surface area contributed by atoms with Gasteiger partial charge in [-0.25, -0.2) is 0 Å². The highest BCUT2D eigenvalue weighted by Crippen LogP contribution is 2.09. The largest absolute Gasteiger partial charge is 0.460 e. The molecule has 16 heavy (non-hydrogen) atoms. The summed E-state index contributed by atoms with van der Waals surface area (Å²) in [6, 6.07) is -0.991. The average Bonchev–Trinajstić information content (AvgIpc) is 2.10. The molecule has 0 spiro atoms. The fourth-order valence-corrected chi connectivity index (χ4v) is 0.894. The van der Waals surface area contributed by atoms with E-state index in [0.717, 1.165) is 0 Å². The lowest BCUT2D eigenvalue weighted by molar-refractivity contribution is -0.158. The molecule has 5 nitrogen and oxygen atoms in total. The first kappa shape index (κ1) is 14.6. The normalized spacial score (nSPS) is 12.8. The summed E-state index contributed by atoms with van der Waals surface area (Å²) < 4.78 is 9.71. The molecule has 0 aromatic carbocycles. The number of carbonyl (C=O) groups is 2. The number of ether oxygens (including phenoxy) is 2. The van der Waals surface area contributed by atoms with Gasteiger partial charge in [0, 0.05) is 0 Å². The molecule has 0 aromatic heterocycles. The molecule has 0 aliphatic carbocycles. The van der Waals surface area contributed by atoms with Gasteiger partial charge in [-0.15, -0.1) is 0 Å². The van der Waals surface area contributed by atoms with Gasteiger partial charge in [0.05, 0.1) is 6.42 Å². The Labute approximate surface area is 95.6 Å². The Morgan fingerprint density at radius 2 is 2.00 bits per heavy atom. The van der Waals surface area contributed by atoms with Crippen LogP contribution in [-0.2, 0) is 19.1 Å². The highest BCUT2D eigenvalue weighted by molar-refractivity contribution is 5.82. The summed E-state index contributed by atoms with van der Waals surface area (Å²) in [6.07, 6.45) is 1.24. The molecule has 0 saturated heterocycles. The maximum absolute atomic E-state index is 11.3. The molecular weight excluding hydrogens is 210 g/mol. The van der Waals surface area contributed by atoms with Crippen LogP contribution in [0.5, 0.6) is 0 Å². The molecule has 1 unspecified atom stereocenters. The standard InChI is InChI=1S/C11H19NO4/c1-5-6-15-10(14)8(12)7-9(13)16-11(2,3)4/h5,8H,1,6-7,12H2,2-4H3. The Morgan fingerprint density at radius 3 is 2.44 bits per heavy atom. The highest BCUT2D eigenvalue weighted by atomic mass is 16.6. The number of rotatable bonds is 5. The van der Waals surface area contributed by atoms with E-state index < -0.39 is 23.6 Å². The summed E-state index contributed by atoms with van der Waals surface area (Å²) in [4.78, 5) is 22.5. The van der Waals surface area contributed by atoms with Crippen molar-refractivity contribution in [1.29, 1.82) is 0 Å². The van der Waals surface area contributed by atoms with E-state index in [-0.39, 0.29) is 13.0 Å². The Hall–Kier alpha value is -1.36. The van der Waals surface area contributed by atoms with Crippen molar-refractivity contribution < 1.29 is 19.1 Å². The number of nitrogens with two attached hydrogens (primary N) is 1. The minimum absolute atomic E-state index is 0.0842. The van der Waals surface area contributed by atoms with Crippen LogP contribution in [0.25, 0.3) is 0 Å². The molecule has 0 saturated carbocycles. The summed E-state index contributed by atoms with van der Waals surface area (Å²) in [5, 5.41) is 0. The van der Waals surface area contributed by atoms with Gasteiger partial charge in [0.15, 0.2) is 0 Å². The smallest absolute Gasteiger partial charge is 0.323 e. The van der Waals surface area contributed by atoms with Crippen molar-refractivity contribution in [3.8, 4) is 0 Å². The summed E-state index contributed by atoms with van der Waals surface area (Å²) >= 11 is 0. The first-order valence-corrected chi connectivity index (χ1v) is 5.01. The minimum atomic E-state index is -0.991. The first-order chi connectivity index (χ1) is 7.26. The molecule has 5 heteroatoms. The van der Waals surface area contributed by atoms with Gasteiger partial charge in [-0.2, -0.15) is 0 Å². The predicted molar refractivity (Wildman–Crippen MR) is 59.6 cm³/mol. The molecule has 0 aromatic rings. The summed E-state index contributed by atoms with van der Waals surface area (Å²) in [5.41, 5.74) is 4.89. The van der Waals surface area contributed by atoms with Crippen molar-refractivity contribution in [3.05, 3.63) is 12.7 Å². The fourth-order valence-electron chi connectivity index (χ4n) is 0.894. The van der Waals surface area contributed by atoms with Crippen LogP contribution in [0.2, 0.25) is 0 Å². The van der Waals surface area contributed by atoms with E-state index in [1.807, 2.05) is 0 Å². The Bertz CT molecular complexity index is 268. The van der Waals surface area contributed by atoms with Crippen molar-refractivity contribution in [2.45, 2.75) is 38.8 Å². The second-order valence-corrected chi connectivity index (χ2v) is 4.32. The third kappa shape index (κ3) is 7.00. The molecule has 0 aliphatic rings. The van der Waals surface area contributed by atoms with Gasteiger partial charge in [0.25, 0.3) is 0 Å². The summed E-state index contributed by atoms with van der Waals surface area (Å²) in [7, 11) is 0. The minimum Gasteiger partial charge on any atom is -0.460 e. The van der Waals surface area contributed by atoms with Crippen molar-refractivity contribution in [2.24, 2.45) is 5.73 Å². The van der Waals surface area contributed by atoms with Crippen LogP contribution in [0.3, 0.4) is 0 Å². The number of hydrogen-bond donors (Lipinski definition) is 1. The molecule has 1 atom stereocenters. The van der Waals surface area contributed by atoms with Gasteiger partial charge < -0.3 is 15.2 Å². The third-order valence-electron chi connectivity index (χ3n) is 1.45. The molecule has 0 amide bonds. The monoisotopic (exact) mass is 229 g/mol. The van der Waals surface area contributed by atoms with Crippen LogP contribution in [0.15, 0.2) is 12.7 Å². The summed E-state index contributed by atoms with van der Waals surface area (Å²) in [5.74, 6) is -1.15. The zero-order valence-electron chi connectivity index (χ0n) is 9.99. The molecule has 0 heterocycles. The van der Waals surface area contributed by atoms with E-state index in [2.05, 4.69) is 6.58 Å². The van der Waals surface area contributed by atoms with Crippen molar-refractivity contribution >= 4 is 11.9 Å². The molecule has 2 N–H and O–H groups in total. The zero-order valence-corrected chi connectivity index (χ0v) is 9.99. The topological polar surface area (TPSA) is 78.6 Å². The lowest BCUT2D eigenvalue weighted by Gasteiger charge is -2.20. The van der Waals surface area contributed by atoms with Gasteiger partial charge in [0.2, 0.25) is 0 Å². The van der Waals surface area contributed by atoms with Crippen LogP contribution in [-0.4, -0.2) is 30.2 Å². The molecular formula is C11H19NO4. The van der Waals surface area contributed by atoms with Crippen molar-refractivity contribution in [1.82, 2.24) is 0 Å². The molecule has 92 valence electrons. The molecule has 0 fully saturated rings. The maximum atomic E-state index is 11.3. The fraction of sp³-hybridized carbons (Fsp3) is 0.636. The van der Waals surface area contributed by atoms with Gasteiger partial charge in [-0.1, -0.05) is 12.7 Å². The quantitative estimate of drug-likeness (QED) is 0.556. The van der Waals surface area contributed by atoms with Gasteiger partial charge in [-0.05, 0) is 20.8 Å². The van der Waals surface area contributed by atoms with Gasteiger partial charge >= 0.3 is 11.9 Å². The number of esters is 2. The second-order valence-electron chi connectivity index (χ2n) is 4.32. The Kier molecular flexibility index (Phi) is 5.74. The van der Waals surface area contributed by atoms with Crippen LogP contribution in [0.4, 0.5) is 0 Å². The van der Waals surface area contributed by atoms with E-state index in [1.165, 1.54) is 6.08 Å². The zero-order chi connectivity index (χ0) is 12.8.